The molecule has 0 aliphatic carbocycles. The van der Waals surface area contributed by atoms with E-state index in [1.54, 1.807) is 0 Å². The zero-order valence-electron chi connectivity index (χ0n) is 11.0. The van der Waals surface area contributed by atoms with Crippen molar-refractivity contribution in [2.75, 3.05) is 7.11 Å². The summed E-state index contributed by atoms with van der Waals surface area (Å²) >= 11 is 0. The van der Waals surface area contributed by atoms with Gasteiger partial charge in [0.15, 0.2) is 0 Å². The fraction of sp³-hybridized carbons (Fsp3) is 0.455. The third-order valence-corrected chi connectivity index (χ3v) is 2.44. The number of esters is 1. The molecule has 2 N–H and O–H groups in total. The van der Waals surface area contributed by atoms with Crippen LogP contribution in [0.2, 0.25) is 0 Å². The normalized spacial score (nSPS) is 12.2. The van der Waals surface area contributed by atoms with E-state index in [0.717, 1.165) is 7.11 Å². The lowest BCUT2D eigenvalue weighted by Gasteiger charge is -2.20. The number of carbonyl (C=O) groups excluding carboxylic acids is 1. The first-order chi connectivity index (χ1) is 9.99. The van der Waals surface area contributed by atoms with Crippen LogP contribution in [-0.4, -0.2) is 24.4 Å². The maximum atomic E-state index is 13.1. The Bertz CT molecular complexity index is 556. The monoisotopic (exact) mass is 332 g/mol. The molecule has 0 atom stereocenters. The molecule has 0 aliphatic rings. The van der Waals surface area contributed by atoms with E-state index in [-0.39, 0.29) is 0 Å². The van der Waals surface area contributed by atoms with Crippen LogP contribution in [0.4, 0.5) is 26.3 Å². The number of rotatable bonds is 4. The lowest BCUT2D eigenvalue weighted by molar-refractivity contribution is -0.276. The Morgan fingerprint density at radius 3 is 2.27 bits per heavy atom. The summed E-state index contributed by atoms with van der Waals surface area (Å²) in [5, 5.41) is 0. The van der Waals surface area contributed by atoms with Gasteiger partial charge in [0.05, 0.1) is 19.2 Å². The van der Waals surface area contributed by atoms with Gasteiger partial charge in [-0.3, -0.25) is 9.78 Å². The van der Waals surface area contributed by atoms with E-state index >= 15 is 0 Å². The number of aromatic nitrogens is 1. The molecule has 0 fully saturated rings. The van der Waals surface area contributed by atoms with Crippen molar-refractivity contribution in [3.05, 3.63) is 23.0 Å². The molecule has 1 rings (SSSR count). The van der Waals surface area contributed by atoms with Crippen LogP contribution >= 0.6 is 0 Å². The molecule has 0 saturated heterocycles. The van der Waals surface area contributed by atoms with E-state index in [2.05, 4.69) is 14.5 Å². The fourth-order valence-corrected chi connectivity index (χ4v) is 1.58. The van der Waals surface area contributed by atoms with Gasteiger partial charge in [0.1, 0.15) is 11.3 Å². The average molecular weight is 332 g/mol. The molecule has 0 spiro atoms. The smallest absolute Gasteiger partial charge is 0.469 e. The molecule has 0 amide bonds. The largest absolute Gasteiger partial charge is 0.573 e. The molecule has 0 aromatic carbocycles. The standard InChI is InChI=1S/C11H10F6N2O3/c1-21-7(20)2-6-8(10(12,13)14)9(22-11(15,16)17)5(3-18)4-19-6/h4H,2-3,18H2,1H3. The highest BCUT2D eigenvalue weighted by Crippen LogP contribution is 2.42. The van der Waals surface area contributed by atoms with Crippen molar-refractivity contribution in [1.29, 1.82) is 0 Å². The highest BCUT2D eigenvalue weighted by molar-refractivity contribution is 5.72. The number of nitrogens with zero attached hydrogens (tertiary/aromatic N) is 1. The first-order valence-electron chi connectivity index (χ1n) is 5.60. The van der Waals surface area contributed by atoms with Gasteiger partial charge in [-0.2, -0.15) is 13.2 Å². The quantitative estimate of drug-likeness (QED) is 0.676. The summed E-state index contributed by atoms with van der Waals surface area (Å²) < 4.78 is 83.9. The number of halogens is 6. The maximum absolute atomic E-state index is 13.1. The number of nitrogens with two attached hydrogens (primary N) is 1. The molecule has 0 aliphatic heterocycles. The third-order valence-electron chi connectivity index (χ3n) is 2.44. The van der Waals surface area contributed by atoms with Gasteiger partial charge in [-0.15, -0.1) is 13.2 Å². The Balaban J connectivity index is 3.54. The number of hydrogen-bond donors (Lipinski definition) is 1. The summed E-state index contributed by atoms with van der Waals surface area (Å²) in [6.07, 6.45) is -10.9. The summed E-state index contributed by atoms with van der Waals surface area (Å²) in [7, 11) is 0.914. The second kappa shape index (κ2) is 6.38. The van der Waals surface area contributed by atoms with E-state index in [1.165, 1.54) is 0 Å². The SMILES string of the molecule is COC(=O)Cc1ncc(CN)c(OC(F)(F)F)c1C(F)(F)F. The van der Waals surface area contributed by atoms with Crippen LogP contribution in [0.5, 0.6) is 5.75 Å². The van der Waals surface area contributed by atoms with E-state index in [0.29, 0.717) is 6.20 Å². The summed E-state index contributed by atoms with van der Waals surface area (Å²) in [5.41, 5.74) is 1.76. The van der Waals surface area contributed by atoms with E-state index < -0.39 is 54.0 Å². The lowest BCUT2D eigenvalue weighted by atomic mass is 10.1. The Morgan fingerprint density at radius 2 is 1.86 bits per heavy atom. The second-order valence-electron chi connectivity index (χ2n) is 3.94. The summed E-state index contributed by atoms with van der Waals surface area (Å²) in [6.45, 7) is -0.667. The van der Waals surface area contributed by atoms with Gasteiger partial charge in [0.2, 0.25) is 0 Å². The summed E-state index contributed by atoms with van der Waals surface area (Å²) in [5.74, 6) is -2.62. The van der Waals surface area contributed by atoms with E-state index in [4.69, 9.17) is 5.73 Å². The molecule has 1 aromatic heterocycles. The highest BCUT2D eigenvalue weighted by Gasteiger charge is 2.43. The molecule has 1 heterocycles. The Morgan fingerprint density at radius 1 is 1.27 bits per heavy atom. The van der Waals surface area contributed by atoms with Crippen LogP contribution in [0.3, 0.4) is 0 Å². The molecule has 0 radical (unpaired) electrons. The van der Waals surface area contributed by atoms with Crippen molar-refractivity contribution < 1.29 is 40.6 Å². The van der Waals surface area contributed by atoms with Crippen molar-refractivity contribution in [2.24, 2.45) is 5.73 Å². The number of pyridine rings is 1. The average Bonchev–Trinajstić information content (AvgIpc) is 2.35. The number of carbonyl (C=O) groups is 1. The van der Waals surface area contributed by atoms with Crippen molar-refractivity contribution in [3.63, 3.8) is 0 Å². The lowest BCUT2D eigenvalue weighted by Crippen LogP contribution is -2.24. The molecule has 11 heteroatoms. The molecule has 0 saturated carbocycles. The second-order valence-corrected chi connectivity index (χ2v) is 3.94. The molecule has 0 bridgehead atoms. The van der Waals surface area contributed by atoms with Crippen molar-refractivity contribution in [2.45, 2.75) is 25.5 Å². The van der Waals surface area contributed by atoms with E-state index in [9.17, 15) is 31.1 Å². The van der Waals surface area contributed by atoms with Crippen LogP contribution in [0.1, 0.15) is 16.8 Å². The first kappa shape index (κ1) is 18.0. The number of ether oxygens (including phenoxy) is 2. The van der Waals surface area contributed by atoms with Crippen molar-refractivity contribution in [1.82, 2.24) is 4.98 Å². The van der Waals surface area contributed by atoms with Gasteiger partial charge in [0, 0.05) is 18.3 Å². The topological polar surface area (TPSA) is 74.4 Å². The summed E-state index contributed by atoms with van der Waals surface area (Å²) in [4.78, 5) is 14.4. The van der Waals surface area contributed by atoms with Crippen LogP contribution in [-0.2, 0) is 28.7 Å². The van der Waals surface area contributed by atoms with E-state index in [1.807, 2.05) is 0 Å². The minimum atomic E-state index is -5.37. The van der Waals surface area contributed by atoms with Gasteiger partial charge >= 0.3 is 18.5 Å². The number of hydrogen-bond acceptors (Lipinski definition) is 5. The molecular weight excluding hydrogens is 322 g/mol. The van der Waals surface area contributed by atoms with Gasteiger partial charge in [-0.05, 0) is 0 Å². The Hall–Kier alpha value is -2.04. The minimum absolute atomic E-state index is 0.599. The highest BCUT2D eigenvalue weighted by atomic mass is 19.4. The molecule has 0 unspecified atom stereocenters. The molecular formula is C11H10F6N2O3. The van der Waals surface area contributed by atoms with Gasteiger partial charge in [-0.25, -0.2) is 0 Å². The molecule has 124 valence electrons. The van der Waals surface area contributed by atoms with Crippen LogP contribution in [0.15, 0.2) is 6.20 Å². The maximum Gasteiger partial charge on any atom is 0.573 e. The zero-order valence-corrected chi connectivity index (χ0v) is 11.0. The predicted molar refractivity (Wildman–Crippen MR) is 59.5 cm³/mol. The van der Waals surface area contributed by atoms with Crippen LogP contribution in [0, 0.1) is 0 Å². The zero-order chi connectivity index (χ0) is 17.1. The summed E-state index contributed by atoms with van der Waals surface area (Å²) in [6, 6.07) is 0. The number of alkyl halides is 6. The van der Waals surface area contributed by atoms with Crippen LogP contribution < -0.4 is 10.5 Å². The predicted octanol–water partition coefficient (Wildman–Crippen LogP) is 2.17. The minimum Gasteiger partial charge on any atom is -0.469 e. The fourth-order valence-electron chi connectivity index (χ4n) is 1.58. The van der Waals surface area contributed by atoms with Crippen molar-refractivity contribution >= 4 is 5.97 Å². The van der Waals surface area contributed by atoms with Gasteiger partial charge < -0.3 is 15.2 Å². The van der Waals surface area contributed by atoms with Gasteiger partial charge in [0.25, 0.3) is 0 Å². The first-order valence-corrected chi connectivity index (χ1v) is 5.60. The molecule has 5 nitrogen and oxygen atoms in total. The Labute approximate surface area is 120 Å². The third kappa shape index (κ3) is 4.48. The molecule has 22 heavy (non-hydrogen) atoms. The van der Waals surface area contributed by atoms with Crippen molar-refractivity contribution in [3.8, 4) is 5.75 Å². The molecule has 1 aromatic rings. The van der Waals surface area contributed by atoms with Gasteiger partial charge in [-0.1, -0.05) is 0 Å². The Kier molecular flexibility index (Phi) is 5.22. The van der Waals surface area contributed by atoms with Crippen LogP contribution in [0.25, 0.3) is 0 Å². The number of methoxy groups -OCH3 is 1.